The Balaban J connectivity index is 2.95. The van der Waals surface area contributed by atoms with Gasteiger partial charge in [0.25, 0.3) is 0 Å². The summed E-state index contributed by atoms with van der Waals surface area (Å²) in [5.74, 6) is -0.984. The highest BCUT2D eigenvalue weighted by Crippen LogP contribution is 2.12. The molecule has 0 radical (unpaired) electrons. The van der Waals surface area contributed by atoms with E-state index in [1.165, 1.54) is 4.90 Å². The molecule has 1 aromatic heterocycles. The first-order valence-electron chi connectivity index (χ1n) is 11.6. The Kier molecular flexibility index (Phi) is 13.0. The number of aromatic nitrogens is 1. The van der Waals surface area contributed by atoms with Gasteiger partial charge in [-0.2, -0.15) is 0 Å². The first-order valence-corrected chi connectivity index (χ1v) is 12.6. The van der Waals surface area contributed by atoms with Gasteiger partial charge in [0, 0.05) is 29.8 Å². The number of hydrogen-bond donors (Lipinski definition) is 1. The van der Waals surface area contributed by atoms with Crippen molar-refractivity contribution >= 4 is 29.8 Å². The second-order valence-electron chi connectivity index (χ2n) is 9.08. The highest BCUT2D eigenvalue weighted by atomic mass is 32.2. The molecule has 1 aromatic rings. The molecule has 34 heavy (non-hydrogen) atoms. The number of pyridine rings is 1. The maximum absolute atomic E-state index is 13.5. The number of carbonyl (C=O) groups excluding carboxylic acids is 3. The molecule has 0 saturated heterocycles. The van der Waals surface area contributed by atoms with Crippen molar-refractivity contribution in [2.45, 2.75) is 78.6 Å². The molecule has 1 heterocycles. The number of rotatable bonds is 14. The van der Waals surface area contributed by atoms with Gasteiger partial charge in [-0.25, -0.2) is 0 Å². The predicted octanol–water partition coefficient (Wildman–Crippen LogP) is 2.10. The van der Waals surface area contributed by atoms with Crippen LogP contribution in [0.3, 0.4) is 0 Å². The first-order chi connectivity index (χ1) is 16.0. The maximum Gasteiger partial charge on any atom is 0.326 e. The Morgan fingerprint density at radius 3 is 2.47 bits per heavy atom. The minimum atomic E-state index is -0.636. The first kappa shape index (κ1) is 29.7. The molecule has 1 unspecified atom stereocenters. The van der Waals surface area contributed by atoms with Gasteiger partial charge < -0.3 is 14.4 Å². The molecule has 0 bridgehead atoms. The molecular formula is C24H40N3O6S+. The molecule has 0 aliphatic rings. The topological polar surface area (TPSA) is 98.0 Å². The fraction of sp³-hybridized carbons (Fsp3) is 0.667. The Hall–Kier alpha value is -2.33. The highest BCUT2D eigenvalue weighted by Gasteiger charge is 2.28. The molecule has 0 aliphatic carbocycles. The molecule has 1 amide bonds. The Morgan fingerprint density at radius 1 is 1.18 bits per heavy atom. The van der Waals surface area contributed by atoms with Crippen LogP contribution in [0.2, 0.25) is 0 Å². The number of hydrogen-bond acceptors (Lipinski definition) is 8. The predicted molar refractivity (Wildman–Crippen MR) is 131 cm³/mol. The smallest absolute Gasteiger partial charge is 0.326 e. The monoisotopic (exact) mass is 498 g/mol. The molecule has 9 nitrogen and oxygen atoms in total. The van der Waals surface area contributed by atoms with Crippen LogP contribution in [0, 0.1) is 0 Å². The lowest BCUT2D eigenvalue weighted by Crippen LogP contribution is -2.49. The van der Waals surface area contributed by atoms with E-state index in [1.54, 1.807) is 52.7 Å². The molecule has 0 fully saturated rings. The number of nitrogens with one attached hydrogen (secondary N) is 1. The van der Waals surface area contributed by atoms with Crippen molar-refractivity contribution in [1.82, 2.24) is 9.62 Å². The van der Waals surface area contributed by atoms with Gasteiger partial charge in [0.2, 0.25) is 17.8 Å². The number of aryl methyl sites for hydroxylation is 1. The van der Waals surface area contributed by atoms with Gasteiger partial charge >= 0.3 is 11.9 Å². The third-order valence-electron chi connectivity index (χ3n) is 4.42. The molecule has 0 saturated carbocycles. The summed E-state index contributed by atoms with van der Waals surface area (Å²) in [5, 5.41) is 0. The third-order valence-corrected chi connectivity index (χ3v) is 5.25. The van der Waals surface area contributed by atoms with Crippen molar-refractivity contribution in [3.63, 3.8) is 0 Å². The zero-order valence-corrected chi connectivity index (χ0v) is 22.3. The van der Waals surface area contributed by atoms with Crippen LogP contribution >= 0.6 is 11.9 Å². The van der Waals surface area contributed by atoms with E-state index >= 15 is 0 Å². The van der Waals surface area contributed by atoms with E-state index in [1.807, 2.05) is 25.1 Å². The second kappa shape index (κ2) is 14.8. The van der Waals surface area contributed by atoms with Crippen LogP contribution in [0.5, 0.6) is 0 Å². The van der Waals surface area contributed by atoms with Crippen molar-refractivity contribution in [3.8, 4) is 0 Å². The van der Waals surface area contributed by atoms with E-state index in [0.717, 1.165) is 17.6 Å². The van der Waals surface area contributed by atoms with Crippen molar-refractivity contribution < 1.29 is 33.4 Å². The van der Waals surface area contributed by atoms with Crippen LogP contribution < -0.4 is 14.3 Å². The average Bonchev–Trinajstić information content (AvgIpc) is 2.73. The Bertz CT molecular complexity index is 797. The van der Waals surface area contributed by atoms with Gasteiger partial charge in [0.1, 0.15) is 25.0 Å². The average molecular weight is 499 g/mol. The summed E-state index contributed by atoms with van der Waals surface area (Å²) in [6, 6.07) is 5.05. The fourth-order valence-electron chi connectivity index (χ4n) is 3.15. The SMILES string of the molecule is CCCN(CC(=O)OC(C)(C)C)C(=O)C(CCc1cccc[n+]1OC)NSCC(=O)OC(C)C. The second-order valence-corrected chi connectivity index (χ2v) is 9.90. The molecular weight excluding hydrogens is 458 g/mol. The Labute approximate surface area is 207 Å². The molecule has 0 spiro atoms. The molecule has 10 heteroatoms. The van der Waals surface area contributed by atoms with Gasteiger partial charge in [-0.3, -0.25) is 23.9 Å². The van der Waals surface area contributed by atoms with Crippen molar-refractivity contribution in [1.29, 1.82) is 0 Å². The molecule has 1 atom stereocenters. The van der Waals surface area contributed by atoms with Crippen molar-refractivity contribution in [3.05, 3.63) is 30.1 Å². The van der Waals surface area contributed by atoms with Crippen molar-refractivity contribution in [2.75, 3.05) is 26.0 Å². The van der Waals surface area contributed by atoms with E-state index in [2.05, 4.69) is 4.72 Å². The summed E-state index contributed by atoms with van der Waals surface area (Å²) in [7, 11) is 1.57. The molecule has 0 aromatic carbocycles. The van der Waals surface area contributed by atoms with E-state index in [9.17, 15) is 14.4 Å². The minimum Gasteiger partial charge on any atom is -0.462 e. The normalized spacial score (nSPS) is 12.2. The third kappa shape index (κ3) is 11.7. The van der Waals surface area contributed by atoms with Gasteiger partial charge in [-0.15, -0.1) is 0 Å². The standard InChI is InChI=1S/C24H40N3O6S/c1-8-14-26(16-21(28)33-24(4,5)6)23(30)20(25-34-17-22(29)32-18(2)3)13-12-19-11-9-10-15-27(19)31-7/h9-11,15,18,20,25H,8,12-14,16-17H2,1-7H3/q+1. The molecule has 1 rings (SSSR count). The molecule has 192 valence electrons. The summed E-state index contributed by atoms with van der Waals surface area (Å²) in [4.78, 5) is 44.6. The van der Waals surface area contributed by atoms with Crippen LogP contribution in [-0.4, -0.2) is 66.4 Å². The van der Waals surface area contributed by atoms with E-state index < -0.39 is 17.6 Å². The fourth-order valence-corrected chi connectivity index (χ4v) is 3.83. The quantitative estimate of drug-likeness (QED) is 0.237. The zero-order chi connectivity index (χ0) is 25.7. The Morgan fingerprint density at radius 2 is 1.88 bits per heavy atom. The van der Waals surface area contributed by atoms with Crippen LogP contribution in [0.25, 0.3) is 0 Å². The zero-order valence-electron chi connectivity index (χ0n) is 21.5. The maximum atomic E-state index is 13.5. The van der Waals surface area contributed by atoms with Crippen LogP contribution in [0.4, 0.5) is 0 Å². The molecule has 1 N–H and O–H groups in total. The van der Waals surface area contributed by atoms with Gasteiger partial charge in [-0.1, -0.05) is 18.9 Å². The van der Waals surface area contributed by atoms with Crippen LogP contribution in [0.15, 0.2) is 24.4 Å². The summed E-state index contributed by atoms with van der Waals surface area (Å²) >= 11 is 1.12. The largest absolute Gasteiger partial charge is 0.462 e. The van der Waals surface area contributed by atoms with Crippen LogP contribution in [0.1, 0.15) is 60.1 Å². The number of amides is 1. The lowest BCUT2D eigenvalue weighted by molar-refractivity contribution is -0.890. The minimum absolute atomic E-state index is 0.0607. The van der Waals surface area contributed by atoms with Crippen LogP contribution in [-0.2, 0) is 30.3 Å². The van der Waals surface area contributed by atoms with Gasteiger partial charge in [0.15, 0.2) is 0 Å². The number of carbonyl (C=O) groups is 3. The highest BCUT2D eigenvalue weighted by molar-refractivity contribution is 7.98. The summed E-state index contributed by atoms with van der Waals surface area (Å²) in [5.41, 5.74) is 0.256. The summed E-state index contributed by atoms with van der Waals surface area (Å²) in [6.07, 6.45) is 3.26. The lowest BCUT2D eigenvalue weighted by atomic mass is 10.1. The summed E-state index contributed by atoms with van der Waals surface area (Å²) in [6.45, 7) is 11.2. The van der Waals surface area contributed by atoms with Gasteiger partial charge in [0.05, 0.1) is 12.1 Å². The number of ether oxygens (including phenoxy) is 2. The van der Waals surface area contributed by atoms with Crippen molar-refractivity contribution in [2.24, 2.45) is 0 Å². The molecule has 0 aliphatic heterocycles. The van der Waals surface area contributed by atoms with E-state index in [4.69, 9.17) is 14.3 Å². The van der Waals surface area contributed by atoms with E-state index in [0.29, 0.717) is 25.8 Å². The lowest BCUT2D eigenvalue weighted by Gasteiger charge is -2.28. The summed E-state index contributed by atoms with van der Waals surface area (Å²) < 4.78 is 15.3. The number of esters is 2. The van der Waals surface area contributed by atoms with E-state index in [-0.39, 0.29) is 30.3 Å². The van der Waals surface area contributed by atoms with Gasteiger partial charge in [-0.05, 0) is 53.5 Å². The number of nitrogens with zero attached hydrogens (tertiary/aromatic N) is 2.